The maximum Gasteiger partial charge on any atom is 0.254 e. The quantitative estimate of drug-likeness (QED) is 0.402. The van der Waals surface area contributed by atoms with Crippen LogP contribution in [0.4, 0.5) is 0 Å². The van der Waals surface area contributed by atoms with Gasteiger partial charge < -0.3 is 20.4 Å². The number of carbonyl (C=O) groups excluding carboxylic acids is 2. The fourth-order valence-electron chi connectivity index (χ4n) is 3.55. The number of hydrogen-bond acceptors (Lipinski definition) is 6. The summed E-state index contributed by atoms with van der Waals surface area (Å²) >= 11 is 11.9. The zero-order valence-electron chi connectivity index (χ0n) is 17.9. The lowest BCUT2D eigenvalue weighted by molar-refractivity contribution is 0.0934. The third-order valence-electron chi connectivity index (χ3n) is 5.35. The SMILES string of the molecule is O=C(NCCCN1CCN(CCCNC(=O)c2cccnc2Cl)CC1)c1cccnc1Cl. The number of pyridine rings is 2. The number of hydrogen-bond donors (Lipinski definition) is 2. The van der Waals surface area contributed by atoms with E-state index in [0.29, 0.717) is 24.2 Å². The summed E-state index contributed by atoms with van der Waals surface area (Å²) in [7, 11) is 0. The lowest BCUT2D eigenvalue weighted by Crippen LogP contribution is -2.47. The molecule has 1 aliphatic heterocycles. The minimum absolute atomic E-state index is 0.189. The van der Waals surface area contributed by atoms with Crippen molar-refractivity contribution in [2.75, 3.05) is 52.4 Å². The summed E-state index contributed by atoms with van der Waals surface area (Å²) in [6.45, 7) is 7.09. The van der Waals surface area contributed by atoms with E-state index < -0.39 is 0 Å². The van der Waals surface area contributed by atoms with E-state index >= 15 is 0 Å². The molecule has 0 aliphatic carbocycles. The van der Waals surface area contributed by atoms with Crippen LogP contribution >= 0.6 is 23.2 Å². The Balaban J connectivity index is 1.24. The summed E-state index contributed by atoms with van der Waals surface area (Å²) in [5, 5.41) is 6.25. The topological polar surface area (TPSA) is 90.5 Å². The second-order valence-corrected chi connectivity index (χ2v) is 8.30. The zero-order chi connectivity index (χ0) is 22.8. The third-order valence-corrected chi connectivity index (χ3v) is 5.95. The molecule has 10 heteroatoms. The third kappa shape index (κ3) is 7.41. The second-order valence-electron chi connectivity index (χ2n) is 7.59. The monoisotopic (exact) mass is 478 g/mol. The fraction of sp³-hybridized carbons (Fsp3) is 0.455. The predicted molar refractivity (Wildman–Crippen MR) is 125 cm³/mol. The van der Waals surface area contributed by atoms with Gasteiger partial charge in [0.25, 0.3) is 11.8 Å². The Kier molecular flexibility index (Phi) is 9.67. The lowest BCUT2D eigenvalue weighted by Gasteiger charge is -2.34. The molecule has 8 nitrogen and oxygen atoms in total. The minimum Gasteiger partial charge on any atom is -0.352 e. The van der Waals surface area contributed by atoms with Crippen molar-refractivity contribution >= 4 is 35.0 Å². The molecule has 0 unspecified atom stereocenters. The van der Waals surface area contributed by atoms with Gasteiger partial charge in [-0.2, -0.15) is 0 Å². The van der Waals surface area contributed by atoms with Crippen molar-refractivity contribution in [3.8, 4) is 0 Å². The molecule has 32 heavy (non-hydrogen) atoms. The molecule has 1 aliphatic rings. The van der Waals surface area contributed by atoms with Crippen molar-refractivity contribution in [3.63, 3.8) is 0 Å². The number of rotatable bonds is 10. The molecule has 172 valence electrons. The van der Waals surface area contributed by atoms with Crippen LogP contribution in [-0.2, 0) is 0 Å². The van der Waals surface area contributed by atoms with Gasteiger partial charge in [-0.15, -0.1) is 0 Å². The van der Waals surface area contributed by atoms with Gasteiger partial charge in [0, 0.05) is 51.7 Å². The van der Waals surface area contributed by atoms with Crippen LogP contribution in [0.15, 0.2) is 36.7 Å². The molecule has 2 aromatic heterocycles. The number of carbonyl (C=O) groups is 2. The van der Waals surface area contributed by atoms with Crippen molar-refractivity contribution in [2.45, 2.75) is 12.8 Å². The maximum atomic E-state index is 12.1. The minimum atomic E-state index is -0.189. The number of halogens is 2. The summed E-state index contributed by atoms with van der Waals surface area (Å²) < 4.78 is 0. The fourth-order valence-corrected chi connectivity index (χ4v) is 3.96. The Labute approximate surface area is 198 Å². The van der Waals surface area contributed by atoms with Crippen molar-refractivity contribution < 1.29 is 9.59 Å². The Morgan fingerprint density at radius 2 is 1.19 bits per heavy atom. The van der Waals surface area contributed by atoms with Crippen LogP contribution in [0.2, 0.25) is 10.3 Å². The average Bonchev–Trinajstić information content (AvgIpc) is 2.80. The van der Waals surface area contributed by atoms with Gasteiger partial charge in [0.15, 0.2) is 0 Å². The summed E-state index contributed by atoms with van der Waals surface area (Å²) in [5.41, 5.74) is 0.810. The van der Waals surface area contributed by atoms with Gasteiger partial charge in [-0.05, 0) is 50.2 Å². The number of aromatic nitrogens is 2. The number of nitrogens with zero attached hydrogens (tertiary/aromatic N) is 4. The number of nitrogens with one attached hydrogen (secondary N) is 2. The van der Waals surface area contributed by atoms with Crippen molar-refractivity contribution in [3.05, 3.63) is 58.1 Å². The van der Waals surface area contributed by atoms with Crippen LogP contribution in [0.5, 0.6) is 0 Å². The van der Waals surface area contributed by atoms with E-state index in [0.717, 1.165) is 52.1 Å². The molecule has 2 amide bonds. The molecule has 3 heterocycles. The van der Waals surface area contributed by atoms with Gasteiger partial charge in [0.05, 0.1) is 11.1 Å². The molecule has 2 aromatic rings. The first-order valence-electron chi connectivity index (χ1n) is 10.8. The van der Waals surface area contributed by atoms with Crippen LogP contribution in [-0.4, -0.2) is 83.9 Å². The molecule has 0 spiro atoms. The van der Waals surface area contributed by atoms with Crippen molar-refractivity contribution in [1.82, 2.24) is 30.4 Å². The van der Waals surface area contributed by atoms with Gasteiger partial charge in [0.2, 0.25) is 0 Å². The van der Waals surface area contributed by atoms with Gasteiger partial charge in [-0.25, -0.2) is 9.97 Å². The normalized spacial score (nSPS) is 14.8. The molecule has 0 bridgehead atoms. The van der Waals surface area contributed by atoms with Gasteiger partial charge in [-0.1, -0.05) is 23.2 Å². The summed E-state index contributed by atoms with van der Waals surface area (Å²) in [6.07, 6.45) is 4.89. The summed E-state index contributed by atoms with van der Waals surface area (Å²) in [5.74, 6) is -0.378. The molecule has 3 rings (SSSR count). The van der Waals surface area contributed by atoms with E-state index in [-0.39, 0.29) is 22.1 Å². The van der Waals surface area contributed by atoms with E-state index in [4.69, 9.17) is 23.2 Å². The first-order chi connectivity index (χ1) is 15.5. The van der Waals surface area contributed by atoms with Crippen molar-refractivity contribution in [2.24, 2.45) is 0 Å². The summed E-state index contributed by atoms with van der Waals surface area (Å²) in [6, 6.07) is 6.74. The van der Waals surface area contributed by atoms with Gasteiger partial charge in [-0.3, -0.25) is 9.59 Å². The molecule has 0 saturated carbocycles. The highest BCUT2D eigenvalue weighted by atomic mass is 35.5. The zero-order valence-corrected chi connectivity index (χ0v) is 19.4. The Bertz CT molecular complexity index is 832. The smallest absolute Gasteiger partial charge is 0.254 e. The molecule has 0 radical (unpaired) electrons. The van der Waals surface area contributed by atoms with Crippen molar-refractivity contribution in [1.29, 1.82) is 0 Å². The van der Waals surface area contributed by atoms with Gasteiger partial charge >= 0.3 is 0 Å². The second kappa shape index (κ2) is 12.7. The highest BCUT2D eigenvalue weighted by Gasteiger charge is 2.17. The molecular formula is C22H28Cl2N6O2. The van der Waals surface area contributed by atoms with E-state index in [1.165, 1.54) is 0 Å². The predicted octanol–water partition coefficient (Wildman–Crippen LogP) is 2.34. The van der Waals surface area contributed by atoms with Gasteiger partial charge in [0.1, 0.15) is 10.3 Å². The molecule has 0 aromatic carbocycles. The van der Waals surface area contributed by atoms with Crippen LogP contribution in [0.1, 0.15) is 33.6 Å². The molecule has 0 atom stereocenters. The maximum absolute atomic E-state index is 12.1. The number of amides is 2. The van der Waals surface area contributed by atoms with Crippen LogP contribution in [0.25, 0.3) is 0 Å². The molecule has 1 fully saturated rings. The van der Waals surface area contributed by atoms with Crippen LogP contribution in [0.3, 0.4) is 0 Å². The van der Waals surface area contributed by atoms with Crippen LogP contribution in [0, 0.1) is 0 Å². The molecule has 1 saturated heterocycles. The first-order valence-corrected chi connectivity index (χ1v) is 11.5. The lowest BCUT2D eigenvalue weighted by atomic mass is 10.2. The Hall–Kier alpha value is -2.26. The van der Waals surface area contributed by atoms with E-state index in [2.05, 4.69) is 30.4 Å². The highest BCUT2D eigenvalue weighted by molar-refractivity contribution is 6.33. The largest absolute Gasteiger partial charge is 0.352 e. The Morgan fingerprint density at radius 1 is 0.781 bits per heavy atom. The first kappa shape index (κ1) is 24.4. The Morgan fingerprint density at radius 3 is 1.56 bits per heavy atom. The van der Waals surface area contributed by atoms with Crippen LogP contribution < -0.4 is 10.6 Å². The van der Waals surface area contributed by atoms with E-state index in [1.807, 2.05) is 0 Å². The van der Waals surface area contributed by atoms with E-state index in [1.54, 1.807) is 36.7 Å². The standard InChI is InChI=1S/C22H28Cl2N6O2/c23-19-17(5-1-7-25-19)21(31)27-9-3-11-29-13-15-30(16-14-29)12-4-10-28-22(32)18-6-2-8-26-20(18)24/h1-2,5-8H,3-4,9-16H2,(H,27,31)(H,28,32). The highest BCUT2D eigenvalue weighted by Crippen LogP contribution is 2.12. The summed E-state index contributed by atoms with van der Waals surface area (Å²) in [4.78, 5) is 36.9. The average molecular weight is 479 g/mol. The molecular weight excluding hydrogens is 451 g/mol. The van der Waals surface area contributed by atoms with E-state index in [9.17, 15) is 9.59 Å². The number of piperazine rings is 1. The molecule has 2 N–H and O–H groups in total.